The van der Waals surface area contributed by atoms with E-state index in [0.29, 0.717) is 25.7 Å². The van der Waals surface area contributed by atoms with Crippen LogP contribution in [0.5, 0.6) is 0 Å². The maximum Gasteiger partial charge on any atom is 0.262 e. The van der Waals surface area contributed by atoms with Gasteiger partial charge < -0.3 is 5.32 Å². The maximum absolute atomic E-state index is 12.7. The van der Waals surface area contributed by atoms with Crippen LogP contribution in [0.25, 0.3) is 0 Å². The lowest BCUT2D eigenvalue weighted by Gasteiger charge is -2.25. The zero-order chi connectivity index (χ0) is 14.2. The molecule has 0 unspecified atom stereocenters. The second kappa shape index (κ2) is 5.46. The van der Waals surface area contributed by atoms with Gasteiger partial charge in [-0.1, -0.05) is 6.42 Å². The van der Waals surface area contributed by atoms with Crippen LogP contribution in [0, 0.1) is 6.92 Å². The molecule has 6 nitrogen and oxygen atoms in total. The predicted molar refractivity (Wildman–Crippen MR) is 75.8 cm³/mol. The molecule has 2 heterocycles. The van der Waals surface area contributed by atoms with E-state index < -0.39 is 10.0 Å². The van der Waals surface area contributed by atoms with Crippen molar-refractivity contribution in [1.29, 1.82) is 0 Å². The highest BCUT2D eigenvalue weighted by atomic mass is 32.2. The van der Waals surface area contributed by atoms with Gasteiger partial charge in [-0.3, -0.25) is 5.10 Å². The molecule has 1 aromatic rings. The Kier molecular flexibility index (Phi) is 3.83. The van der Waals surface area contributed by atoms with E-state index in [1.807, 2.05) is 6.92 Å². The van der Waals surface area contributed by atoms with Crippen molar-refractivity contribution in [3.63, 3.8) is 0 Å². The molecular formula is C13H22N4O2S. The fourth-order valence-corrected chi connectivity index (χ4v) is 4.29. The molecular weight excluding hydrogens is 276 g/mol. The Labute approximate surface area is 120 Å². The molecule has 0 radical (unpaired) electrons. The number of piperidine rings is 1. The molecule has 0 amide bonds. The van der Waals surface area contributed by atoms with Gasteiger partial charge in [-0.15, -0.1) is 0 Å². The second-order valence-electron chi connectivity index (χ2n) is 5.75. The molecule has 2 N–H and O–H groups in total. The third kappa shape index (κ3) is 2.75. The zero-order valence-corrected chi connectivity index (χ0v) is 12.7. The van der Waals surface area contributed by atoms with Gasteiger partial charge in [-0.2, -0.15) is 9.40 Å². The topological polar surface area (TPSA) is 78.1 Å². The fraction of sp³-hybridized carbons (Fsp3) is 0.769. The van der Waals surface area contributed by atoms with Crippen LogP contribution < -0.4 is 5.32 Å². The largest absolute Gasteiger partial charge is 0.310 e. The summed E-state index contributed by atoms with van der Waals surface area (Å²) in [4.78, 5) is 0. The van der Waals surface area contributed by atoms with Crippen molar-refractivity contribution in [2.24, 2.45) is 0 Å². The van der Waals surface area contributed by atoms with Crippen LogP contribution in [0.15, 0.2) is 5.03 Å². The molecule has 2 aliphatic rings. The quantitative estimate of drug-likeness (QED) is 0.854. The van der Waals surface area contributed by atoms with Gasteiger partial charge in [0.15, 0.2) is 5.03 Å². The molecule has 1 saturated carbocycles. The van der Waals surface area contributed by atoms with Gasteiger partial charge in [0.25, 0.3) is 10.0 Å². The van der Waals surface area contributed by atoms with Gasteiger partial charge in [-0.25, -0.2) is 8.42 Å². The van der Waals surface area contributed by atoms with Crippen molar-refractivity contribution in [3.05, 3.63) is 11.3 Å². The molecule has 0 aromatic carbocycles. The number of hydrogen-bond acceptors (Lipinski definition) is 4. The summed E-state index contributed by atoms with van der Waals surface area (Å²) in [5.74, 6) is 0. The molecule has 112 valence electrons. The van der Waals surface area contributed by atoms with E-state index in [4.69, 9.17) is 0 Å². The Morgan fingerprint density at radius 3 is 2.65 bits per heavy atom. The Morgan fingerprint density at radius 1 is 1.30 bits per heavy atom. The molecule has 0 atom stereocenters. The van der Waals surface area contributed by atoms with Crippen molar-refractivity contribution in [2.45, 2.75) is 56.6 Å². The summed E-state index contributed by atoms with van der Waals surface area (Å²) in [6.07, 6.45) is 5.37. The number of nitrogens with one attached hydrogen (secondary N) is 2. The standard InChI is InChI=1S/C13H22N4O2S/c1-10-12(9-14-11-5-6-11)13(16-15-10)20(18,19)17-7-3-2-4-8-17/h11,14H,2-9H2,1H3,(H,15,16). The minimum Gasteiger partial charge on any atom is -0.310 e. The van der Waals surface area contributed by atoms with Crippen LogP contribution in [0.4, 0.5) is 0 Å². The number of aromatic nitrogens is 2. The van der Waals surface area contributed by atoms with E-state index in [-0.39, 0.29) is 5.03 Å². The monoisotopic (exact) mass is 298 g/mol. The molecule has 20 heavy (non-hydrogen) atoms. The molecule has 1 aliphatic heterocycles. The summed E-state index contributed by atoms with van der Waals surface area (Å²) in [6, 6.07) is 0.551. The number of H-pyrrole nitrogens is 1. The van der Waals surface area contributed by atoms with Gasteiger partial charge in [-0.05, 0) is 32.6 Å². The van der Waals surface area contributed by atoms with Gasteiger partial charge in [0.2, 0.25) is 0 Å². The molecule has 0 spiro atoms. The summed E-state index contributed by atoms with van der Waals surface area (Å²) in [6.45, 7) is 3.69. The van der Waals surface area contributed by atoms with E-state index in [1.54, 1.807) is 4.31 Å². The highest BCUT2D eigenvalue weighted by Gasteiger charge is 2.32. The van der Waals surface area contributed by atoms with Gasteiger partial charge in [0, 0.05) is 36.9 Å². The number of sulfonamides is 1. The van der Waals surface area contributed by atoms with Crippen LogP contribution in [-0.2, 0) is 16.6 Å². The lowest BCUT2D eigenvalue weighted by Crippen LogP contribution is -2.36. The van der Waals surface area contributed by atoms with Crippen LogP contribution in [0.1, 0.15) is 43.4 Å². The third-order valence-electron chi connectivity index (χ3n) is 4.08. The summed E-state index contributed by atoms with van der Waals surface area (Å²) in [7, 11) is -3.45. The first-order valence-electron chi connectivity index (χ1n) is 7.36. The normalized spacial score (nSPS) is 21.2. The summed E-state index contributed by atoms with van der Waals surface area (Å²) < 4.78 is 27.0. The number of aromatic amines is 1. The number of nitrogens with zero attached hydrogens (tertiary/aromatic N) is 2. The summed E-state index contributed by atoms with van der Waals surface area (Å²) in [5.41, 5.74) is 1.64. The van der Waals surface area contributed by atoms with Crippen molar-refractivity contribution in [2.75, 3.05) is 13.1 Å². The minimum absolute atomic E-state index is 0.213. The minimum atomic E-state index is -3.45. The van der Waals surface area contributed by atoms with Gasteiger partial charge >= 0.3 is 0 Å². The molecule has 0 bridgehead atoms. The molecule has 1 saturated heterocycles. The number of aryl methyl sites for hydroxylation is 1. The first-order valence-corrected chi connectivity index (χ1v) is 8.80. The van der Waals surface area contributed by atoms with Gasteiger partial charge in [0.1, 0.15) is 0 Å². The van der Waals surface area contributed by atoms with Gasteiger partial charge in [0.05, 0.1) is 0 Å². The number of hydrogen-bond donors (Lipinski definition) is 2. The zero-order valence-electron chi connectivity index (χ0n) is 11.9. The van der Waals surface area contributed by atoms with E-state index in [2.05, 4.69) is 15.5 Å². The van der Waals surface area contributed by atoms with Crippen LogP contribution in [0.2, 0.25) is 0 Å². The smallest absolute Gasteiger partial charge is 0.262 e. The van der Waals surface area contributed by atoms with E-state index in [1.165, 1.54) is 12.8 Å². The predicted octanol–water partition coefficient (Wildman–Crippen LogP) is 1.14. The van der Waals surface area contributed by atoms with Crippen LogP contribution in [-0.4, -0.2) is 42.1 Å². The van der Waals surface area contributed by atoms with Crippen molar-refractivity contribution in [3.8, 4) is 0 Å². The summed E-state index contributed by atoms with van der Waals surface area (Å²) >= 11 is 0. The van der Waals surface area contributed by atoms with Crippen molar-refractivity contribution < 1.29 is 8.42 Å². The molecule has 1 aliphatic carbocycles. The highest BCUT2D eigenvalue weighted by molar-refractivity contribution is 7.89. The van der Waals surface area contributed by atoms with E-state index in [0.717, 1.165) is 30.5 Å². The Morgan fingerprint density at radius 2 is 2.00 bits per heavy atom. The second-order valence-corrected chi connectivity index (χ2v) is 7.61. The average Bonchev–Trinajstić information content (AvgIpc) is 3.20. The maximum atomic E-state index is 12.7. The van der Waals surface area contributed by atoms with E-state index >= 15 is 0 Å². The molecule has 1 aromatic heterocycles. The van der Waals surface area contributed by atoms with Crippen molar-refractivity contribution >= 4 is 10.0 Å². The lowest BCUT2D eigenvalue weighted by molar-refractivity contribution is 0.345. The average molecular weight is 298 g/mol. The van der Waals surface area contributed by atoms with E-state index in [9.17, 15) is 8.42 Å². The first-order chi connectivity index (χ1) is 9.59. The van der Waals surface area contributed by atoms with Crippen LogP contribution >= 0.6 is 0 Å². The number of rotatable bonds is 5. The Bertz CT molecular complexity index is 571. The fourth-order valence-electron chi connectivity index (χ4n) is 2.61. The van der Waals surface area contributed by atoms with Crippen LogP contribution in [0.3, 0.4) is 0 Å². The Hall–Kier alpha value is -0.920. The van der Waals surface area contributed by atoms with Crippen molar-refractivity contribution in [1.82, 2.24) is 19.8 Å². The molecule has 2 fully saturated rings. The Balaban J connectivity index is 1.83. The SMILES string of the molecule is Cc1[nH]nc(S(=O)(=O)N2CCCCC2)c1CNC1CC1. The highest BCUT2D eigenvalue weighted by Crippen LogP contribution is 2.25. The molecule has 3 rings (SSSR count). The lowest BCUT2D eigenvalue weighted by atomic mass is 10.2. The summed E-state index contributed by atoms with van der Waals surface area (Å²) in [5, 5.41) is 10.5. The third-order valence-corrected chi connectivity index (χ3v) is 5.95. The first kappa shape index (κ1) is 14.0. The molecule has 7 heteroatoms.